The summed E-state index contributed by atoms with van der Waals surface area (Å²) in [5.41, 5.74) is 5.71. The Kier molecular flexibility index (Phi) is 2.40. The van der Waals surface area contributed by atoms with Gasteiger partial charge in [-0.3, -0.25) is 0 Å². The molecule has 1 aliphatic rings. The maximum atomic E-state index is 6.04. The highest BCUT2D eigenvalue weighted by Crippen LogP contribution is 2.40. The minimum absolute atomic E-state index is 0.315. The van der Waals surface area contributed by atoms with Gasteiger partial charge in [-0.15, -0.1) is 0 Å². The summed E-state index contributed by atoms with van der Waals surface area (Å²) in [5, 5.41) is 0.315. The van der Waals surface area contributed by atoms with Crippen molar-refractivity contribution in [2.75, 3.05) is 0 Å². The Morgan fingerprint density at radius 1 is 1.33 bits per heavy atom. The van der Waals surface area contributed by atoms with Gasteiger partial charge in [0.2, 0.25) is 0 Å². The summed E-state index contributed by atoms with van der Waals surface area (Å²) in [6, 6.07) is 0.319. The second-order valence-corrected chi connectivity index (χ2v) is 10.1. The first-order valence-electron chi connectivity index (χ1n) is 4.67. The molecular weight excluding hydrogens is 166 g/mol. The molecule has 0 heterocycles. The average Bonchev–Trinajstić information content (AvgIpc) is 2.41. The molecule has 0 saturated heterocycles. The van der Waals surface area contributed by atoms with E-state index in [1.165, 1.54) is 0 Å². The Hall–Kier alpha value is 0.137. The fraction of sp³-hybridized carbons (Fsp3) is 1.00. The van der Waals surface area contributed by atoms with Crippen molar-refractivity contribution >= 4 is 8.32 Å². The highest BCUT2D eigenvalue weighted by atomic mass is 28.4. The number of hydrogen-bond acceptors (Lipinski definition) is 2. The third-order valence-electron chi connectivity index (χ3n) is 3.03. The zero-order valence-electron chi connectivity index (χ0n) is 8.85. The standard InChI is InChI=1S/C9H21NOSi/c1-9(2,3)12(4,5)11-8-6-7(8)10/h7-8H,6,10H2,1-5H3/t7-,8-/m0/s1. The molecule has 3 heteroatoms. The van der Waals surface area contributed by atoms with Crippen molar-refractivity contribution in [3.05, 3.63) is 0 Å². The van der Waals surface area contributed by atoms with Crippen molar-refractivity contribution < 1.29 is 4.43 Å². The van der Waals surface area contributed by atoms with Crippen LogP contribution in [0.5, 0.6) is 0 Å². The van der Waals surface area contributed by atoms with E-state index in [1.54, 1.807) is 0 Å². The molecule has 2 nitrogen and oxygen atoms in total. The van der Waals surface area contributed by atoms with Crippen LogP contribution >= 0.6 is 0 Å². The summed E-state index contributed by atoms with van der Waals surface area (Å²) < 4.78 is 6.04. The molecular formula is C9H21NOSi. The third kappa shape index (κ3) is 2.09. The van der Waals surface area contributed by atoms with Gasteiger partial charge in [-0.2, -0.15) is 0 Å². The summed E-state index contributed by atoms with van der Waals surface area (Å²) in [6.45, 7) is 11.3. The molecule has 0 unspecified atom stereocenters. The maximum Gasteiger partial charge on any atom is 0.192 e. The summed E-state index contributed by atoms with van der Waals surface area (Å²) in [7, 11) is -1.53. The predicted molar refractivity (Wildman–Crippen MR) is 54.7 cm³/mol. The van der Waals surface area contributed by atoms with Crippen LogP contribution in [-0.2, 0) is 4.43 Å². The van der Waals surface area contributed by atoms with E-state index in [1.807, 2.05) is 0 Å². The first-order valence-corrected chi connectivity index (χ1v) is 7.58. The SMILES string of the molecule is CC(C)(C)[Si](C)(C)O[C@H]1C[C@@H]1N. The van der Waals surface area contributed by atoms with Gasteiger partial charge < -0.3 is 10.2 Å². The van der Waals surface area contributed by atoms with Crippen molar-refractivity contribution in [3.8, 4) is 0 Å². The van der Waals surface area contributed by atoms with Crippen LogP contribution in [0.1, 0.15) is 27.2 Å². The van der Waals surface area contributed by atoms with Crippen molar-refractivity contribution in [3.63, 3.8) is 0 Å². The Balaban J connectivity index is 2.48. The van der Waals surface area contributed by atoms with E-state index in [-0.39, 0.29) is 0 Å². The molecule has 1 aliphatic carbocycles. The van der Waals surface area contributed by atoms with Crippen LogP contribution < -0.4 is 5.73 Å². The van der Waals surface area contributed by atoms with E-state index in [9.17, 15) is 0 Å². The molecule has 1 rings (SSSR count). The molecule has 1 saturated carbocycles. The molecule has 0 aromatic carbocycles. The first-order chi connectivity index (χ1) is 5.24. The molecule has 72 valence electrons. The van der Waals surface area contributed by atoms with Crippen molar-refractivity contribution in [1.82, 2.24) is 0 Å². The molecule has 1 fully saturated rings. The molecule has 0 amide bonds. The third-order valence-corrected chi connectivity index (χ3v) is 7.54. The van der Waals surface area contributed by atoms with Crippen molar-refractivity contribution in [1.29, 1.82) is 0 Å². The van der Waals surface area contributed by atoms with Gasteiger partial charge in [0.05, 0.1) is 6.10 Å². The highest BCUT2D eigenvalue weighted by Gasteiger charge is 2.45. The molecule has 12 heavy (non-hydrogen) atoms. The zero-order valence-corrected chi connectivity index (χ0v) is 9.85. The first kappa shape index (κ1) is 10.2. The molecule has 2 atom stereocenters. The summed E-state index contributed by atoms with van der Waals surface area (Å²) >= 11 is 0. The van der Waals surface area contributed by atoms with E-state index in [2.05, 4.69) is 33.9 Å². The van der Waals surface area contributed by atoms with Gasteiger partial charge in [0.15, 0.2) is 8.32 Å². The zero-order chi connectivity index (χ0) is 9.57. The van der Waals surface area contributed by atoms with Crippen molar-refractivity contribution in [2.45, 2.75) is 57.5 Å². The topological polar surface area (TPSA) is 35.2 Å². The van der Waals surface area contributed by atoms with Crippen molar-refractivity contribution in [2.24, 2.45) is 5.73 Å². The van der Waals surface area contributed by atoms with E-state index in [0.29, 0.717) is 17.2 Å². The smallest absolute Gasteiger partial charge is 0.192 e. The minimum Gasteiger partial charge on any atom is -0.412 e. The number of hydrogen-bond donors (Lipinski definition) is 1. The monoisotopic (exact) mass is 187 g/mol. The predicted octanol–water partition coefficient (Wildman–Crippen LogP) is 2.11. The van der Waals surface area contributed by atoms with E-state index in [4.69, 9.17) is 10.2 Å². The lowest BCUT2D eigenvalue weighted by Crippen LogP contribution is -2.42. The summed E-state index contributed by atoms with van der Waals surface area (Å²) in [5.74, 6) is 0. The van der Waals surface area contributed by atoms with Crippen LogP contribution in [0.3, 0.4) is 0 Å². The van der Waals surface area contributed by atoms with Crippen LogP contribution in [0.2, 0.25) is 18.1 Å². The van der Waals surface area contributed by atoms with E-state index in [0.717, 1.165) is 6.42 Å². The van der Waals surface area contributed by atoms with E-state index >= 15 is 0 Å². The van der Waals surface area contributed by atoms with Crippen LogP contribution in [-0.4, -0.2) is 20.5 Å². The summed E-state index contributed by atoms with van der Waals surface area (Å²) in [6.07, 6.45) is 1.43. The lowest BCUT2D eigenvalue weighted by molar-refractivity contribution is 0.268. The molecule has 0 aromatic heterocycles. The quantitative estimate of drug-likeness (QED) is 0.672. The fourth-order valence-electron chi connectivity index (χ4n) is 0.880. The van der Waals surface area contributed by atoms with Gasteiger partial charge in [-0.25, -0.2) is 0 Å². The maximum absolute atomic E-state index is 6.04. The Bertz CT molecular complexity index is 174. The lowest BCUT2D eigenvalue weighted by atomic mass is 10.2. The number of nitrogens with two attached hydrogens (primary N) is 1. The van der Waals surface area contributed by atoms with Crippen LogP contribution in [0.25, 0.3) is 0 Å². The lowest BCUT2D eigenvalue weighted by Gasteiger charge is -2.36. The second kappa shape index (κ2) is 2.82. The number of rotatable bonds is 2. The van der Waals surface area contributed by atoms with Crippen LogP contribution in [0.15, 0.2) is 0 Å². The Morgan fingerprint density at radius 3 is 2.00 bits per heavy atom. The van der Waals surface area contributed by atoms with Crippen LogP contribution in [0.4, 0.5) is 0 Å². The summed E-state index contributed by atoms with van der Waals surface area (Å²) in [4.78, 5) is 0. The molecule has 0 aromatic rings. The Morgan fingerprint density at radius 2 is 1.75 bits per heavy atom. The Labute approximate surface area is 76.6 Å². The molecule has 0 aliphatic heterocycles. The van der Waals surface area contributed by atoms with Gasteiger partial charge in [-0.05, 0) is 24.6 Å². The van der Waals surface area contributed by atoms with Gasteiger partial charge in [0.25, 0.3) is 0 Å². The molecule has 2 N–H and O–H groups in total. The fourth-order valence-corrected chi connectivity index (χ4v) is 2.26. The minimum atomic E-state index is -1.53. The highest BCUT2D eigenvalue weighted by molar-refractivity contribution is 6.74. The second-order valence-electron chi connectivity index (χ2n) is 5.32. The van der Waals surface area contributed by atoms with Gasteiger partial charge in [0, 0.05) is 6.04 Å². The van der Waals surface area contributed by atoms with Gasteiger partial charge in [-0.1, -0.05) is 20.8 Å². The molecule has 0 spiro atoms. The van der Waals surface area contributed by atoms with Gasteiger partial charge >= 0.3 is 0 Å². The van der Waals surface area contributed by atoms with Crippen LogP contribution in [0, 0.1) is 0 Å². The average molecular weight is 187 g/mol. The molecule has 0 radical (unpaired) electrons. The normalized spacial score (nSPS) is 30.5. The molecule has 0 bridgehead atoms. The van der Waals surface area contributed by atoms with E-state index < -0.39 is 8.32 Å². The largest absolute Gasteiger partial charge is 0.412 e. The van der Waals surface area contributed by atoms with Gasteiger partial charge in [0.1, 0.15) is 0 Å².